The zero-order valence-electron chi connectivity index (χ0n) is 9.63. The van der Waals surface area contributed by atoms with Crippen LogP contribution < -0.4 is 11.1 Å². The molecule has 1 saturated heterocycles. The van der Waals surface area contributed by atoms with Crippen molar-refractivity contribution in [1.82, 2.24) is 24.9 Å². The minimum absolute atomic E-state index is 0.607. The van der Waals surface area contributed by atoms with Crippen LogP contribution in [0.2, 0.25) is 0 Å². The summed E-state index contributed by atoms with van der Waals surface area (Å²) in [6.45, 7) is 2.20. The van der Waals surface area contributed by atoms with Gasteiger partial charge in [-0.3, -0.25) is 0 Å². The van der Waals surface area contributed by atoms with Gasteiger partial charge in [-0.15, -0.1) is 5.10 Å². The maximum atomic E-state index is 5.66. The molecule has 1 fully saturated rings. The van der Waals surface area contributed by atoms with Crippen LogP contribution in [0.4, 0.5) is 5.69 Å². The predicted molar refractivity (Wildman–Crippen MR) is 64.5 cm³/mol. The maximum absolute atomic E-state index is 5.66. The third-order valence-corrected chi connectivity index (χ3v) is 3.19. The first-order valence-electron chi connectivity index (χ1n) is 5.99. The molecule has 0 aliphatic carbocycles. The molecule has 3 heterocycles. The lowest BCUT2D eigenvalue weighted by Gasteiger charge is -2.20. The van der Waals surface area contributed by atoms with E-state index in [0.717, 1.165) is 25.3 Å². The molecular formula is C11H16N6. The summed E-state index contributed by atoms with van der Waals surface area (Å²) in [6.07, 6.45) is 6.70. The van der Waals surface area contributed by atoms with E-state index in [2.05, 4.69) is 20.4 Å². The Hall–Kier alpha value is -1.69. The molecule has 0 unspecified atom stereocenters. The third kappa shape index (κ3) is 2.21. The number of aromatic nitrogens is 4. The second-order valence-electron chi connectivity index (χ2n) is 4.56. The SMILES string of the molecule is Nc1cnc2nc(CC3CCNCC3)nn2c1. The van der Waals surface area contributed by atoms with Crippen molar-refractivity contribution < 1.29 is 0 Å². The molecular weight excluding hydrogens is 216 g/mol. The van der Waals surface area contributed by atoms with Crippen molar-refractivity contribution in [3.63, 3.8) is 0 Å². The van der Waals surface area contributed by atoms with Crippen LogP contribution >= 0.6 is 0 Å². The molecule has 0 bridgehead atoms. The number of hydrogen-bond acceptors (Lipinski definition) is 5. The minimum atomic E-state index is 0.607. The van der Waals surface area contributed by atoms with Crippen LogP contribution in [0, 0.1) is 5.92 Å². The number of hydrogen-bond donors (Lipinski definition) is 2. The number of nitrogens with zero attached hydrogens (tertiary/aromatic N) is 4. The average Bonchev–Trinajstić information content (AvgIpc) is 2.71. The normalized spacial score (nSPS) is 17.6. The Morgan fingerprint density at radius 3 is 3.06 bits per heavy atom. The smallest absolute Gasteiger partial charge is 0.252 e. The molecule has 2 aromatic rings. The Bertz CT molecular complexity index is 514. The van der Waals surface area contributed by atoms with Gasteiger partial charge in [0.15, 0.2) is 5.82 Å². The van der Waals surface area contributed by atoms with Crippen LogP contribution in [-0.2, 0) is 6.42 Å². The largest absolute Gasteiger partial charge is 0.396 e. The highest BCUT2D eigenvalue weighted by molar-refractivity contribution is 5.38. The predicted octanol–water partition coefficient (Wildman–Crippen LogP) is 0.249. The van der Waals surface area contributed by atoms with Gasteiger partial charge in [-0.2, -0.15) is 4.98 Å². The van der Waals surface area contributed by atoms with Crippen molar-refractivity contribution >= 4 is 11.5 Å². The Kier molecular flexibility index (Phi) is 2.64. The van der Waals surface area contributed by atoms with Crippen LogP contribution in [-0.4, -0.2) is 32.7 Å². The first kappa shape index (κ1) is 10.5. The van der Waals surface area contributed by atoms with E-state index in [1.54, 1.807) is 16.9 Å². The van der Waals surface area contributed by atoms with E-state index >= 15 is 0 Å². The lowest BCUT2D eigenvalue weighted by atomic mass is 9.94. The Labute approximate surface area is 99.3 Å². The third-order valence-electron chi connectivity index (χ3n) is 3.19. The van der Waals surface area contributed by atoms with Gasteiger partial charge in [0, 0.05) is 6.42 Å². The molecule has 0 radical (unpaired) electrons. The molecule has 1 aliphatic rings. The fraction of sp³-hybridized carbons (Fsp3) is 0.545. The highest BCUT2D eigenvalue weighted by Crippen LogP contribution is 2.16. The number of nitrogens with one attached hydrogen (secondary N) is 1. The monoisotopic (exact) mass is 232 g/mol. The molecule has 0 amide bonds. The molecule has 0 spiro atoms. The van der Waals surface area contributed by atoms with Gasteiger partial charge in [0.25, 0.3) is 5.78 Å². The number of fused-ring (bicyclic) bond motifs is 1. The minimum Gasteiger partial charge on any atom is -0.396 e. The van der Waals surface area contributed by atoms with E-state index in [-0.39, 0.29) is 0 Å². The van der Waals surface area contributed by atoms with Gasteiger partial charge in [0.2, 0.25) is 0 Å². The Morgan fingerprint density at radius 1 is 1.41 bits per heavy atom. The van der Waals surface area contributed by atoms with Crippen LogP contribution in [0.15, 0.2) is 12.4 Å². The van der Waals surface area contributed by atoms with Crippen molar-refractivity contribution in [3.05, 3.63) is 18.2 Å². The van der Waals surface area contributed by atoms with Crippen molar-refractivity contribution in [3.8, 4) is 0 Å². The average molecular weight is 232 g/mol. The van der Waals surface area contributed by atoms with Gasteiger partial charge in [-0.25, -0.2) is 9.50 Å². The van der Waals surface area contributed by atoms with E-state index in [1.165, 1.54) is 12.8 Å². The summed E-state index contributed by atoms with van der Waals surface area (Å²) in [6, 6.07) is 0. The van der Waals surface area contributed by atoms with E-state index in [4.69, 9.17) is 5.73 Å². The summed E-state index contributed by atoms with van der Waals surface area (Å²) < 4.78 is 1.66. The highest BCUT2D eigenvalue weighted by atomic mass is 15.3. The zero-order chi connectivity index (χ0) is 11.7. The quantitative estimate of drug-likeness (QED) is 0.775. The van der Waals surface area contributed by atoms with E-state index in [1.807, 2.05) is 0 Å². The van der Waals surface area contributed by atoms with E-state index < -0.39 is 0 Å². The second-order valence-corrected chi connectivity index (χ2v) is 4.56. The number of rotatable bonds is 2. The van der Waals surface area contributed by atoms with Gasteiger partial charge in [-0.1, -0.05) is 0 Å². The van der Waals surface area contributed by atoms with Crippen molar-refractivity contribution in [2.45, 2.75) is 19.3 Å². The van der Waals surface area contributed by atoms with E-state index in [0.29, 0.717) is 17.4 Å². The standard InChI is InChI=1S/C11H16N6/c12-9-6-14-11-15-10(16-17(11)7-9)5-8-1-3-13-4-2-8/h6-8,13H,1-5,12H2. The topological polar surface area (TPSA) is 81.1 Å². The summed E-state index contributed by atoms with van der Waals surface area (Å²) in [5, 5.41) is 7.77. The molecule has 90 valence electrons. The number of nitrogen functional groups attached to an aromatic ring is 1. The second kappa shape index (κ2) is 4.29. The fourth-order valence-corrected chi connectivity index (χ4v) is 2.27. The fourth-order valence-electron chi connectivity index (χ4n) is 2.27. The molecule has 6 heteroatoms. The molecule has 3 rings (SSSR count). The van der Waals surface area contributed by atoms with E-state index in [9.17, 15) is 0 Å². The lowest BCUT2D eigenvalue weighted by Crippen LogP contribution is -2.28. The molecule has 0 saturated carbocycles. The summed E-state index contributed by atoms with van der Waals surface area (Å²) in [5.74, 6) is 2.18. The van der Waals surface area contributed by atoms with Crippen molar-refractivity contribution in [2.75, 3.05) is 18.8 Å². The summed E-state index contributed by atoms with van der Waals surface area (Å²) in [4.78, 5) is 8.56. The van der Waals surface area contributed by atoms with Gasteiger partial charge in [0.05, 0.1) is 18.1 Å². The Morgan fingerprint density at radius 2 is 2.24 bits per heavy atom. The molecule has 2 aromatic heterocycles. The summed E-state index contributed by atoms with van der Waals surface area (Å²) >= 11 is 0. The van der Waals surface area contributed by atoms with Crippen LogP contribution in [0.5, 0.6) is 0 Å². The lowest BCUT2D eigenvalue weighted by molar-refractivity contribution is 0.367. The zero-order valence-corrected chi connectivity index (χ0v) is 9.63. The maximum Gasteiger partial charge on any atom is 0.252 e. The molecule has 3 N–H and O–H groups in total. The van der Waals surface area contributed by atoms with Gasteiger partial charge >= 0.3 is 0 Å². The van der Waals surface area contributed by atoms with Gasteiger partial charge < -0.3 is 11.1 Å². The van der Waals surface area contributed by atoms with Crippen LogP contribution in [0.25, 0.3) is 5.78 Å². The van der Waals surface area contributed by atoms with Crippen LogP contribution in [0.3, 0.4) is 0 Å². The molecule has 17 heavy (non-hydrogen) atoms. The Balaban J connectivity index is 1.80. The summed E-state index contributed by atoms with van der Waals surface area (Å²) in [7, 11) is 0. The van der Waals surface area contributed by atoms with Crippen molar-refractivity contribution in [2.24, 2.45) is 5.92 Å². The molecule has 1 aliphatic heterocycles. The number of nitrogens with two attached hydrogens (primary N) is 1. The van der Waals surface area contributed by atoms with Gasteiger partial charge in [0.1, 0.15) is 0 Å². The first-order valence-corrected chi connectivity index (χ1v) is 5.99. The van der Waals surface area contributed by atoms with Crippen LogP contribution in [0.1, 0.15) is 18.7 Å². The van der Waals surface area contributed by atoms with Gasteiger partial charge in [-0.05, 0) is 31.8 Å². The molecule has 0 atom stereocenters. The molecule has 0 aromatic carbocycles. The van der Waals surface area contributed by atoms with Crippen molar-refractivity contribution in [1.29, 1.82) is 0 Å². The molecule has 6 nitrogen and oxygen atoms in total. The summed E-state index contributed by atoms with van der Waals surface area (Å²) in [5.41, 5.74) is 6.27. The highest BCUT2D eigenvalue weighted by Gasteiger charge is 2.16. The first-order chi connectivity index (χ1) is 8.31. The number of piperidine rings is 1. The number of anilines is 1.